The van der Waals surface area contributed by atoms with Crippen LogP contribution in [0.2, 0.25) is 0 Å². The number of hydrogen-bond donors (Lipinski definition) is 0. The van der Waals surface area contributed by atoms with Crippen molar-refractivity contribution in [1.82, 2.24) is 4.90 Å². The van der Waals surface area contributed by atoms with E-state index in [1.165, 1.54) is 12.0 Å². The number of hydrogen-bond acceptors (Lipinski definition) is 3. The van der Waals surface area contributed by atoms with Crippen LogP contribution in [0, 0.1) is 5.92 Å². The monoisotopic (exact) mass is 303 g/mol. The maximum absolute atomic E-state index is 12.5. The third-order valence-corrected chi connectivity index (χ3v) is 4.74. The van der Waals surface area contributed by atoms with Gasteiger partial charge in [0.1, 0.15) is 11.9 Å². The number of likely N-dealkylation sites (tertiary alicyclic amines) is 1. The lowest BCUT2D eigenvalue weighted by Gasteiger charge is -2.34. The predicted molar refractivity (Wildman–Crippen MR) is 85.0 cm³/mol. The van der Waals surface area contributed by atoms with Gasteiger partial charge < -0.3 is 14.4 Å². The maximum atomic E-state index is 12.5. The fourth-order valence-electron chi connectivity index (χ4n) is 3.59. The van der Waals surface area contributed by atoms with Gasteiger partial charge in [-0.3, -0.25) is 4.79 Å². The van der Waals surface area contributed by atoms with Crippen molar-refractivity contribution in [1.29, 1.82) is 0 Å². The summed E-state index contributed by atoms with van der Waals surface area (Å²) in [6.07, 6.45) is 4.93. The van der Waals surface area contributed by atoms with Crippen LogP contribution in [0.4, 0.5) is 0 Å². The number of carbonyl (C=O) groups is 1. The largest absolute Gasteiger partial charge is 0.496 e. The van der Waals surface area contributed by atoms with Crippen LogP contribution in [0.15, 0.2) is 24.3 Å². The van der Waals surface area contributed by atoms with Crippen LogP contribution in [-0.4, -0.2) is 43.7 Å². The molecule has 0 bridgehead atoms. The summed E-state index contributed by atoms with van der Waals surface area (Å²) in [5.41, 5.74) is 1.24. The van der Waals surface area contributed by atoms with Gasteiger partial charge in [0, 0.05) is 19.7 Å². The summed E-state index contributed by atoms with van der Waals surface area (Å²) in [4.78, 5) is 14.5. The highest BCUT2D eigenvalue weighted by atomic mass is 16.5. The van der Waals surface area contributed by atoms with Gasteiger partial charge in [-0.1, -0.05) is 18.2 Å². The van der Waals surface area contributed by atoms with Crippen LogP contribution >= 0.6 is 0 Å². The van der Waals surface area contributed by atoms with Crippen LogP contribution in [0.1, 0.15) is 31.2 Å². The molecule has 4 nitrogen and oxygen atoms in total. The molecule has 1 aromatic rings. The molecule has 2 saturated heterocycles. The first kappa shape index (κ1) is 15.3. The normalized spacial score (nSPS) is 25.2. The minimum absolute atomic E-state index is 0.190. The van der Waals surface area contributed by atoms with Crippen molar-refractivity contribution in [2.45, 2.75) is 38.2 Å². The third kappa shape index (κ3) is 3.43. The van der Waals surface area contributed by atoms with Gasteiger partial charge in [0.05, 0.1) is 7.11 Å². The molecule has 0 aliphatic carbocycles. The summed E-state index contributed by atoms with van der Waals surface area (Å²) in [5, 5.41) is 0. The van der Waals surface area contributed by atoms with Crippen LogP contribution in [-0.2, 0) is 16.0 Å². The molecule has 2 heterocycles. The van der Waals surface area contributed by atoms with Gasteiger partial charge in [-0.2, -0.15) is 0 Å². The minimum atomic E-state index is -0.190. The molecule has 2 atom stereocenters. The van der Waals surface area contributed by atoms with E-state index >= 15 is 0 Å². The summed E-state index contributed by atoms with van der Waals surface area (Å²) in [6, 6.07) is 8.18. The van der Waals surface area contributed by atoms with E-state index in [1.807, 2.05) is 17.0 Å². The number of nitrogens with zero attached hydrogens (tertiary/aromatic N) is 1. The lowest BCUT2D eigenvalue weighted by atomic mass is 9.90. The van der Waals surface area contributed by atoms with E-state index in [4.69, 9.17) is 9.47 Å². The molecule has 4 heteroatoms. The van der Waals surface area contributed by atoms with Crippen LogP contribution in [0.5, 0.6) is 5.75 Å². The topological polar surface area (TPSA) is 38.8 Å². The number of benzene rings is 1. The molecular formula is C18H25NO3. The van der Waals surface area contributed by atoms with Crippen molar-refractivity contribution in [3.8, 4) is 5.75 Å². The molecule has 2 fully saturated rings. The van der Waals surface area contributed by atoms with Crippen molar-refractivity contribution in [3.63, 3.8) is 0 Å². The van der Waals surface area contributed by atoms with Crippen molar-refractivity contribution in [2.24, 2.45) is 5.92 Å². The van der Waals surface area contributed by atoms with Crippen LogP contribution < -0.4 is 4.74 Å². The van der Waals surface area contributed by atoms with Gasteiger partial charge in [0.2, 0.25) is 0 Å². The van der Waals surface area contributed by atoms with Gasteiger partial charge in [-0.15, -0.1) is 0 Å². The average molecular weight is 303 g/mol. The van der Waals surface area contributed by atoms with E-state index in [9.17, 15) is 4.79 Å². The molecule has 0 unspecified atom stereocenters. The second kappa shape index (κ2) is 7.14. The highest BCUT2D eigenvalue weighted by Gasteiger charge is 2.31. The molecule has 3 rings (SSSR count). The van der Waals surface area contributed by atoms with E-state index in [0.717, 1.165) is 51.1 Å². The van der Waals surface area contributed by atoms with E-state index in [2.05, 4.69) is 12.1 Å². The molecule has 120 valence electrons. The SMILES string of the molecule is COc1ccccc1C[C@@H]1CCCN(C(=O)[C@@H]2CCCO2)C1. The Kier molecular flexibility index (Phi) is 4.98. The number of methoxy groups -OCH3 is 1. The smallest absolute Gasteiger partial charge is 0.251 e. The van der Waals surface area contributed by atoms with Gasteiger partial charge in [-0.25, -0.2) is 0 Å². The first-order valence-corrected chi connectivity index (χ1v) is 8.30. The Bertz CT molecular complexity index is 511. The Morgan fingerprint density at radius 1 is 1.32 bits per heavy atom. The Hall–Kier alpha value is -1.55. The van der Waals surface area contributed by atoms with E-state index < -0.39 is 0 Å². The quantitative estimate of drug-likeness (QED) is 0.858. The maximum Gasteiger partial charge on any atom is 0.251 e. The van der Waals surface area contributed by atoms with Crippen molar-refractivity contribution < 1.29 is 14.3 Å². The number of piperidine rings is 1. The van der Waals surface area contributed by atoms with Crippen molar-refractivity contribution >= 4 is 5.91 Å². The summed E-state index contributed by atoms with van der Waals surface area (Å²) in [7, 11) is 1.72. The number of para-hydroxylation sites is 1. The predicted octanol–water partition coefficient (Wildman–Crippen LogP) is 2.66. The summed E-state index contributed by atoms with van der Waals surface area (Å²) < 4.78 is 11.0. The summed E-state index contributed by atoms with van der Waals surface area (Å²) in [6.45, 7) is 2.45. The average Bonchev–Trinajstić information content (AvgIpc) is 3.09. The Morgan fingerprint density at radius 3 is 2.95 bits per heavy atom. The molecule has 1 amide bonds. The molecule has 0 radical (unpaired) electrons. The van der Waals surface area contributed by atoms with Crippen molar-refractivity contribution in [2.75, 3.05) is 26.8 Å². The zero-order valence-corrected chi connectivity index (χ0v) is 13.3. The number of carbonyl (C=O) groups excluding carboxylic acids is 1. The Balaban J connectivity index is 1.61. The Morgan fingerprint density at radius 2 is 2.18 bits per heavy atom. The van der Waals surface area contributed by atoms with Crippen molar-refractivity contribution in [3.05, 3.63) is 29.8 Å². The molecule has 0 saturated carbocycles. The van der Waals surface area contributed by atoms with Gasteiger partial charge in [-0.05, 0) is 49.7 Å². The van der Waals surface area contributed by atoms with Gasteiger partial charge >= 0.3 is 0 Å². The first-order chi connectivity index (χ1) is 10.8. The molecule has 2 aliphatic rings. The second-order valence-corrected chi connectivity index (χ2v) is 6.31. The fraction of sp³-hybridized carbons (Fsp3) is 0.611. The minimum Gasteiger partial charge on any atom is -0.496 e. The number of amides is 1. The van der Waals surface area contributed by atoms with Gasteiger partial charge in [0.25, 0.3) is 5.91 Å². The van der Waals surface area contributed by atoms with Gasteiger partial charge in [0.15, 0.2) is 0 Å². The Labute approximate surface area is 132 Å². The molecule has 0 spiro atoms. The molecular weight excluding hydrogens is 278 g/mol. The van der Waals surface area contributed by atoms with Crippen LogP contribution in [0.25, 0.3) is 0 Å². The van der Waals surface area contributed by atoms with Crippen LogP contribution in [0.3, 0.4) is 0 Å². The highest BCUT2D eigenvalue weighted by Crippen LogP contribution is 2.27. The molecule has 22 heavy (non-hydrogen) atoms. The third-order valence-electron chi connectivity index (χ3n) is 4.74. The number of rotatable bonds is 4. The number of ether oxygens (including phenoxy) is 2. The molecule has 0 aromatic heterocycles. The standard InChI is InChI=1S/C18H25NO3/c1-21-16-8-3-2-7-15(16)12-14-6-4-10-19(13-14)18(20)17-9-5-11-22-17/h2-3,7-8,14,17H,4-6,9-13H2,1H3/t14-,17-/m0/s1. The molecule has 2 aliphatic heterocycles. The second-order valence-electron chi connectivity index (χ2n) is 6.31. The molecule has 1 aromatic carbocycles. The zero-order valence-electron chi connectivity index (χ0n) is 13.3. The zero-order chi connectivity index (χ0) is 15.4. The highest BCUT2D eigenvalue weighted by molar-refractivity contribution is 5.81. The summed E-state index contributed by atoms with van der Waals surface area (Å²) >= 11 is 0. The molecule has 0 N–H and O–H groups in total. The fourth-order valence-corrected chi connectivity index (χ4v) is 3.59. The van der Waals surface area contributed by atoms with E-state index in [1.54, 1.807) is 7.11 Å². The first-order valence-electron chi connectivity index (χ1n) is 8.30. The van der Waals surface area contributed by atoms with E-state index in [0.29, 0.717) is 5.92 Å². The summed E-state index contributed by atoms with van der Waals surface area (Å²) in [5.74, 6) is 1.66. The van der Waals surface area contributed by atoms with E-state index in [-0.39, 0.29) is 12.0 Å². The lowest BCUT2D eigenvalue weighted by molar-refractivity contribution is -0.142. The lowest BCUT2D eigenvalue weighted by Crippen LogP contribution is -2.45.